The molecule has 0 unspecified atom stereocenters. The van der Waals surface area contributed by atoms with Gasteiger partial charge in [-0.1, -0.05) is 0 Å². The summed E-state index contributed by atoms with van der Waals surface area (Å²) in [5.74, 6) is -4.96. The van der Waals surface area contributed by atoms with Crippen molar-refractivity contribution in [3.8, 4) is 0 Å². The van der Waals surface area contributed by atoms with Crippen LogP contribution in [-0.2, 0) is 5.92 Å². The molecule has 0 saturated heterocycles. The van der Waals surface area contributed by atoms with Gasteiger partial charge in [-0.2, -0.15) is 22.0 Å². The first-order valence-corrected chi connectivity index (χ1v) is 5.12. The van der Waals surface area contributed by atoms with E-state index in [1.54, 1.807) is 0 Å². The number of benzene rings is 1. The van der Waals surface area contributed by atoms with Crippen molar-refractivity contribution in [3.63, 3.8) is 0 Å². The number of aryl methyl sites for hydroxylation is 2. The van der Waals surface area contributed by atoms with Crippen LogP contribution >= 0.6 is 11.6 Å². The molecule has 0 bridgehead atoms. The average molecular weight is 287 g/mol. The fourth-order valence-corrected chi connectivity index (χ4v) is 1.92. The van der Waals surface area contributed by atoms with Crippen LogP contribution in [0.3, 0.4) is 0 Å². The molecule has 0 saturated carbocycles. The number of halogens is 6. The van der Waals surface area contributed by atoms with Gasteiger partial charge in [0.05, 0.1) is 0 Å². The number of alkyl halides is 5. The van der Waals surface area contributed by atoms with Gasteiger partial charge in [0.25, 0.3) is 5.24 Å². The van der Waals surface area contributed by atoms with E-state index in [0.29, 0.717) is 12.1 Å². The van der Waals surface area contributed by atoms with Gasteiger partial charge in [-0.3, -0.25) is 4.79 Å². The summed E-state index contributed by atoms with van der Waals surface area (Å²) in [7, 11) is 0. The van der Waals surface area contributed by atoms with Gasteiger partial charge < -0.3 is 0 Å². The Kier molecular flexibility index (Phi) is 3.72. The van der Waals surface area contributed by atoms with E-state index >= 15 is 0 Å². The summed E-state index contributed by atoms with van der Waals surface area (Å²) in [5.41, 5.74) is -1.30. The highest BCUT2D eigenvalue weighted by molar-refractivity contribution is 6.68. The molecule has 0 aliphatic rings. The van der Waals surface area contributed by atoms with Crippen molar-refractivity contribution >= 4 is 16.8 Å². The van der Waals surface area contributed by atoms with Crippen LogP contribution < -0.4 is 0 Å². The first-order valence-electron chi connectivity index (χ1n) is 4.74. The lowest BCUT2D eigenvalue weighted by Crippen LogP contribution is -2.33. The Bertz CT molecular complexity index is 470. The first kappa shape index (κ1) is 14.9. The van der Waals surface area contributed by atoms with Gasteiger partial charge in [0.1, 0.15) is 0 Å². The van der Waals surface area contributed by atoms with Crippen LogP contribution in [-0.4, -0.2) is 11.4 Å². The summed E-state index contributed by atoms with van der Waals surface area (Å²) in [5, 5.41) is -0.896. The number of carbonyl (C=O) groups excluding carboxylic acids is 1. The molecule has 0 aromatic heterocycles. The van der Waals surface area contributed by atoms with Crippen LogP contribution in [0, 0.1) is 13.8 Å². The van der Waals surface area contributed by atoms with Gasteiger partial charge in [0.2, 0.25) is 0 Å². The highest BCUT2D eigenvalue weighted by Crippen LogP contribution is 2.44. The largest absolute Gasteiger partial charge is 0.458 e. The molecule has 100 valence electrons. The van der Waals surface area contributed by atoms with Crippen LogP contribution in [0.15, 0.2) is 12.1 Å². The van der Waals surface area contributed by atoms with Crippen LogP contribution in [0.5, 0.6) is 0 Å². The van der Waals surface area contributed by atoms with Gasteiger partial charge in [0, 0.05) is 11.1 Å². The van der Waals surface area contributed by atoms with Gasteiger partial charge in [0.15, 0.2) is 0 Å². The van der Waals surface area contributed by atoms with E-state index in [0.717, 1.165) is 0 Å². The van der Waals surface area contributed by atoms with E-state index < -0.39 is 22.9 Å². The quantitative estimate of drug-likeness (QED) is 0.584. The summed E-state index contributed by atoms with van der Waals surface area (Å²) in [6.45, 7) is 2.50. The zero-order valence-electron chi connectivity index (χ0n) is 9.33. The molecule has 1 aromatic rings. The molecule has 0 heterocycles. The predicted molar refractivity (Wildman–Crippen MR) is 56.0 cm³/mol. The number of carbonyl (C=O) groups is 1. The second-order valence-corrected chi connectivity index (χ2v) is 4.17. The lowest BCUT2D eigenvalue weighted by atomic mass is 9.97. The van der Waals surface area contributed by atoms with E-state index in [9.17, 15) is 26.7 Å². The third-order valence-electron chi connectivity index (χ3n) is 2.45. The van der Waals surface area contributed by atoms with Crippen molar-refractivity contribution in [2.75, 3.05) is 0 Å². The van der Waals surface area contributed by atoms with Gasteiger partial charge in [-0.05, 0) is 48.7 Å². The molecule has 1 rings (SSSR count). The maximum atomic E-state index is 13.1. The molecule has 1 aromatic carbocycles. The second-order valence-electron chi connectivity index (χ2n) is 3.83. The van der Waals surface area contributed by atoms with Gasteiger partial charge in [-0.15, -0.1) is 0 Å². The lowest BCUT2D eigenvalue weighted by Gasteiger charge is -2.21. The Morgan fingerprint density at radius 3 is 1.72 bits per heavy atom. The number of hydrogen-bond acceptors (Lipinski definition) is 1. The summed E-state index contributed by atoms with van der Waals surface area (Å²) < 4.78 is 62.8. The average Bonchev–Trinajstić information content (AvgIpc) is 2.13. The monoisotopic (exact) mass is 286 g/mol. The predicted octanol–water partition coefficient (Wildman–Crippen LogP) is 4.34. The highest BCUT2D eigenvalue weighted by atomic mass is 35.5. The van der Waals surface area contributed by atoms with E-state index in [1.165, 1.54) is 13.8 Å². The zero-order valence-corrected chi connectivity index (χ0v) is 10.1. The number of hydrogen-bond donors (Lipinski definition) is 0. The summed E-state index contributed by atoms with van der Waals surface area (Å²) >= 11 is 5.22. The van der Waals surface area contributed by atoms with Gasteiger partial charge in [-0.25, -0.2) is 0 Å². The molecule has 0 atom stereocenters. The molecular formula is C11H8ClF5O. The van der Waals surface area contributed by atoms with E-state index in [2.05, 4.69) is 0 Å². The minimum absolute atomic E-state index is 0.0195. The minimum Gasteiger partial charge on any atom is -0.276 e. The van der Waals surface area contributed by atoms with E-state index in [-0.39, 0.29) is 16.7 Å². The number of rotatable bonds is 2. The van der Waals surface area contributed by atoms with Crippen molar-refractivity contribution in [1.82, 2.24) is 0 Å². The van der Waals surface area contributed by atoms with Crippen LogP contribution in [0.25, 0.3) is 0 Å². The summed E-state index contributed by atoms with van der Waals surface area (Å²) in [6, 6.07) is 1.24. The molecular weight excluding hydrogens is 279 g/mol. The topological polar surface area (TPSA) is 17.1 Å². The van der Waals surface area contributed by atoms with E-state index in [4.69, 9.17) is 11.6 Å². The Morgan fingerprint density at radius 1 is 1.06 bits per heavy atom. The molecule has 7 heteroatoms. The van der Waals surface area contributed by atoms with Crippen LogP contribution in [0.4, 0.5) is 22.0 Å². The molecule has 0 fully saturated rings. The van der Waals surface area contributed by atoms with Crippen molar-refractivity contribution in [3.05, 3.63) is 34.4 Å². The third kappa shape index (κ3) is 2.48. The lowest BCUT2D eigenvalue weighted by molar-refractivity contribution is -0.289. The fraction of sp³-hybridized carbons (Fsp3) is 0.364. The van der Waals surface area contributed by atoms with Crippen molar-refractivity contribution in [2.24, 2.45) is 0 Å². The Morgan fingerprint density at radius 2 is 1.44 bits per heavy atom. The van der Waals surface area contributed by atoms with Crippen molar-refractivity contribution in [1.29, 1.82) is 0 Å². The highest BCUT2D eigenvalue weighted by Gasteiger charge is 2.58. The third-order valence-corrected chi connectivity index (χ3v) is 2.64. The molecule has 0 spiro atoms. The van der Waals surface area contributed by atoms with Crippen LogP contribution in [0.1, 0.15) is 27.0 Å². The SMILES string of the molecule is Cc1cc(C(F)(F)C(F)(F)F)cc(C)c1C(=O)Cl. The Balaban J connectivity index is 3.44. The standard InChI is InChI=1S/C11H8ClF5O/c1-5-3-7(10(13,14)11(15,16)17)4-6(2)8(5)9(12)18/h3-4H,1-2H3. The molecule has 18 heavy (non-hydrogen) atoms. The minimum atomic E-state index is -5.68. The van der Waals surface area contributed by atoms with Crippen molar-refractivity contribution in [2.45, 2.75) is 25.9 Å². The second kappa shape index (κ2) is 4.50. The molecule has 0 radical (unpaired) electrons. The van der Waals surface area contributed by atoms with E-state index in [1.807, 2.05) is 0 Å². The fourth-order valence-electron chi connectivity index (χ4n) is 1.62. The zero-order chi connectivity index (χ0) is 14.3. The van der Waals surface area contributed by atoms with Crippen molar-refractivity contribution < 1.29 is 26.7 Å². The molecule has 0 aliphatic carbocycles. The normalized spacial score (nSPS) is 12.7. The maximum absolute atomic E-state index is 13.1. The summed E-state index contributed by atoms with van der Waals surface area (Å²) in [6.07, 6.45) is -5.68. The first-order chi connectivity index (χ1) is 7.98. The summed E-state index contributed by atoms with van der Waals surface area (Å²) in [4.78, 5) is 11.0. The molecule has 0 aliphatic heterocycles. The Labute approximate surface area is 105 Å². The maximum Gasteiger partial charge on any atom is 0.458 e. The molecule has 0 amide bonds. The molecule has 0 N–H and O–H groups in total. The van der Waals surface area contributed by atoms with Crippen LogP contribution in [0.2, 0.25) is 0 Å². The smallest absolute Gasteiger partial charge is 0.276 e. The van der Waals surface area contributed by atoms with Gasteiger partial charge >= 0.3 is 12.1 Å². The Hall–Kier alpha value is -1.17. The molecule has 1 nitrogen and oxygen atoms in total.